The van der Waals surface area contributed by atoms with Crippen molar-refractivity contribution in [3.63, 3.8) is 0 Å². The van der Waals surface area contributed by atoms with Crippen LogP contribution in [0.25, 0.3) is 0 Å². The number of nitriles is 1. The van der Waals surface area contributed by atoms with Gasteiger partial charge in [0.15, 0.2) is 0 Å². The molecule has 0 radical (unpaired) electrons. The van der Waals surface area contributed by atoms with Crippen molar-refractivity contribution < 1.29 is 0 Å². The monoisotopic (exact) mass is 151 g/mol. The van der Waals surface area contributed by atoms with E-state index in [1.165, 1.54) is 0 Å². The average Bonchev–Trinajstić information content (AvgIpc) is 2.04. The van der Waals surface area contributed by atoms with Crippen molar-refractivity contribution in [2.75, 3.05) is 0 Å². The Morgan fingerprint density at radius 2 is 2.27 bits per heavy atom. The Morgan fingerprint density at radius 3 is 2.55 bits per heavy atom. The van der Waals surface area contributed by atoms with E-state index in [2.05, 4.69) is 26.5 Å². The maximum Gasteiger partial charge on any atom is 0.0653 e. The molecule has 0 aromatic carbocycles. The molecule has 11 heavy (non-hydrogen) atoms. The van der Waals surface area contributed by atoms with Gasteiger partial charge in [-0.2, -0.15) is 5.26 Å². The lowest BCUT2D eigenvalue weighted by Gasteiger charge is -2.24. The fourth-order valence-corrected chi connectivity index (χ4v) is 1.12. The van der Waals surface area contributed by atoms with Gasteiger partial charge in [-0.3, -0.25) is 0 Å². The largest absolute Gasteiger partial charge is 0.198 e. The molecule has 0 saturated heterocycles. The molecule has 0 aromatic heterocycles. The summed E-state index contributed by atoms with van der Waals surface area (Å²) in [5.74, 6) is 0.137. The van der Waals surface area contributed by atoms with Crippen molar-refractivity contribution in [1.82, 2.24) is 0 Å². The lowest BCUT2D eigenvalue weighted by atomic mass is 9.80. The molecule has 0 spiro atoms. The van der Waals surface area contributed by atoms with Gasteiger partial charge < -0.3 is 0 Å². The molecule has 0 heterocycles. The van der Waals surface area contributed by atoms with Crippen LogP contribution in [0.4, 0.5) is 0 Å². The van der Waals surface area contributed by atoms with Gasteiger partial charge in [0.2, 0.25) is 0 Å². The fourth-order valence-electron chi connectivity index (χ4n) is 1.12. The second kappa shape index (κ2) is 4.18. The van der Waals surface area contributed by atoms with Gasteiger partial charge in [-0.25, -0.2) is 0 Å². The van der Waals surface area contributed by atoms with Gasteiger partial charge in [0, 0.05) is 5.92 Å². The molecule has 0 aliphatic rings. The highest BCUT2D eigenvalue weighted by molar-refractivity contribution is 4.95. The fraction of sp³-hybridized carbons (Fsp3) is 0.700. The maximum absolute atomic E-state index is 8.60. The zero-order chi connectivity index (χ0) is 8.91. The van der Waals surface area contributed by atoms with Crippen LogP contribution in [-0.4, -0.2) is 0 Å². The third kappa shape index (κ3) is 3.23. The highest BCUT2D eigenvalue weighted by Gasteiger charge is 2.20. The van der Waals surface area contributed by atoms with Crippen molar-refractivity contribution in [2.24, 2.45) is 11.3 Å². The summed E-state index contributed by atoms with van der Waals surface area (Å²) in [6.45, 7) is 10.0. The first-order valence-electron chi connectivity index (χ1n) is 4.11. The summed E-state index contributed by atoms with van der Waals surface area (Å²) in [4.78, 5) is 0. The first kappa shape index (κ1) is 10.2. The third-order valence-corrected chi connectivity index (χ3v) is 2.29. The zero-order valence-electron chi connectivity index (χ0n) is 7.72. The van der Waals surface area contributed by atoms with Crippen LogP contribution >= 0.6 is 0 Å². The summed E-state index contributed by atoms with van der Waals surface area (Å²) in [7, 11) is 0. The summed E-state index contributed by atoms with van der Waals surface area (Å²) in [6.07, 6.45) is 3.94. The lowest BCUT2D eigenvalue weighted by Crippen LogP contribution is -2.14. The molecule has 1 heteroatoms. The van der Waals surface area contributed by atoms with Crippen LogP contribution < -0.4 is 0 Å². The summed E-state index contributed by atoms with van der Waals surface area (Å²) in [5.41, 5.74) is 0.148. The number of nitrogens with zero attached hydrogens (tertiary/aromatic N) is 1. The van der Waals surface area contributed by atoms with Crippen LogP contribution in [-0.2, 0) is 0 Å². The van der Waals surface area contributed by atoms with Crippen molar-refractivity contribution in [3.05, 3.63) is 12.7 Å². The van der Waals surface area contributed by atoms with Crippen LogP contribution in [0.2, 0.25) is 0 Å². The second-order valence-corrected chi connectivity index (χ2v) is 3.45. The molecule has 1 nitrogen and oxygen atoms in total. The molecule has 0 aliphatic heterocycles. The van der Waals surface area contributed by atoms with E-state index in [4.69, 9.17) is 5.26 Å². The normalized spacial score (nSPS) is 18.0. The molecule has 2 unspecified atom stereocenters. The Hall–Kier alpha value is -0.770. The average molecular weight is 151 g/mol. The molecule has 0 fully saturated rings. The van der Waals surface area contributed by atoms with Crippen LogP contribution in [0.15, 0.2) is 12.7 Å². The Bertz CT molecular complexity index is 166. The summed E-state index contributed by atoms with van der Waals surface area (Å²) >= 11 is 0. The highest BCUT2D eigenvalue weighted by Crippen LogP contribution is 2.30. The third-order valence-electron chi connectivity index (χ3n) is 2.29. The van der Waals surface area contributed by atoms with Gasteiger partial charge >= 0.3 is 0 Å². The van der Waals surface area contributed by atoms with Crippen LogP contribution in [0.3, 0.4) is 0 Å². The first-order chi connectivity index (χ1) is 5.08. The summed E-state index contributed by atoms with van der Waals surface area (Å²) < 4.78 is 0. The van der Waals surface area contributed by atoms with E-state index >= 15 is 0 Å². The number of hydrogen-bond acceptors (Lipinski definition) is 1. The van der Waals surface area contributed by atoms with Crippen LogP contribution in [0.5, 0.6) is 0 Å². The molecular formula is C10H17N. The predicted octanol–water partition coefficient (Wildman–Crippen LogP) is 3.14. The number of rotatable bonds is 4. The van der Waals surface area contributed by atoms with Gasteiger partial charge in [-0.05, 0) is 25.2 Å². The zero-order valence-corrected chi connectivity index (χ0v) is 7.72. The van der Waals surface area contributed by atoms with Gasteiger partial charge in [-0.15, -0.1) is 6.58 Å². The molecule has 0 aromatic rings. The number of allylic oxidation sites excluding steroid dienone is 1. The molecule has 0 amide bonds. The van der Waals surface area contributed by atoms with E-state index in [9.17, 15) is 0 Å². The predicted molar refractivity (Wildman–Crippen MR) is 48.0 cm³/mol. The van der Waals surface area contributed by atoms with Crippen LogP contribution in [0, 0.1) is 22.7 Å². The Morgan fingerprint density at radius 1 is 1.73 bits per heavy atom. The Labute approximate surface area is 69.7 Å². The van der Waals surface area contributed by atoms with Crippen molar-refractivity contribution >= 4 is 0 Å². The van der Waals surface area contributed by atoms with E-state index in [0.717, 1.165) is 12.8 Å². The van der Waals surface area contributed by atoms with E-state index < -0.39 is 0 Å². The van der Waals surface area contributed by atoms with Gasteiger partial charge in [0.05, 0.1) is 6.07 Å². The molecular weight excluding hydrogens is 134 g/mol. The standard InChI is InChI=1S/C10H17N/c1-5-10(4,6-2)7-9(3)8-11/h5,9H,1,6-7H2,2-4H3. The molecule has 0 aliphatic carbocycles. The number of hydrogen-bond donors (Lipinski definition) is 0. The molecule has 0 bridgehead atoms. The second-order valence-electron chi connectivity index (χ2n) is 3.45. The Kier molecular flexibility index (Phi) is 3.89. The minimum absolute atomic E-state index is 0.137. The van der Waals surface area contributed by atoms with Crippen molar-refractivity contribution in [2.45, 2.75) is 33.6 Å². The topological polar surface area (TPSA) is 23.8 Å². The van der Waals surface area contributed by atoms with E-state index in [1.54, 1.807) is 0 Å². The molecule has 62 valence electrons. The molecule has 0 saturated carbocycles. The highest BCUT2D eigenvalue weighted by atomic mass is 14.3. The quantitative estimate of drug-likeness (QED) is 0.566. The van der Waals surface area contributed by atoms with Gasteiger partial charge in [0.25, 0.3) is 0 Å². The van der Waals surface area contributed by atoms with Gasteiger partial charge in [-0.1, -0.05) is 19.9 Å². The lowest BCUT2D eigenvalue weighted by molar-refractivity contribution is 0.342. The smallest absolute Gasteiger partial charge is 0.0653 e. The minimum atomic E-state index is 0.137. The van der Waals surface area contributed by atoms with E-state index in [-0.39, 0.29) is 11.3 Å². The molecule has 0 rings (SSSR count). The Balaban J connectivity index is 4.09. The summed E-state index contributed by atoms with van der Waals surface area (Å²) in [5, 5.41) is 8.60. The van der Waals surface area contributed by atoms with Crippen molar-refractivity contribution in [1.29, 1.82) is 5.26 Å². The first-order valence-corrected chi connectivity index (χ1v) is 4.11. The van der Waals surface area contributed by atoms with E-state index in [0.29, 0.717) is 0 Å². The molecule has 0 N–H and O–H groups in total. The maximum atomic E-state index is 8.60. The SMILES string of the molecule is C=CC(C)(CC)CC(C)C#N. The van der Waals surface area contributed by atoms with E-state index in [1.807, 2.05) is 13.0 Å². The summed E-state index contributed by atoms with van der Waals surface area (Å²) in [6, 6.07) is 2.24. The van der Waals surface area contributed by atoms with Crippen LogP contribution in [0.1, 0.15) is 33.6 Å². The molecule has 2 atom stereocenters. The van der Waals surface area contributed by atoms with Crippen molar-refractivity contribution in [3.8, 4) is 6.07 Å². The van der Waals surface area contributed by atoms with Gasteiger partial charge in [0.1, 0.15) is 0 Å². The minimum Gasteiger partial charge on any atom is -0.198 e.